The van der Waals surface area contributed by atoms with Gasteiger partial charge >= 0.3 is 0 Å². The number of aryl methyl sites for hydroxylation is 1. The number of anilines is 1. The van der Waals surface area contributed by atoms with Crippen LogP contribution in [0, 0.1) is 6.92 Å². The molecule has 2 aromatic rings. The first kappa shape index (κ1) is 13.0. The highest BCUT2D eigenvalue weighted by atomic mass is 16.1. The molecule has 19 heavy (non-hydrogen) atoms. The maximum atomic E-state index is 12.1. The van der Waals surface area contributed by atoms with Crippen LogP contribution in [0.5, 0.6) is 0 Å². The van der Waals surface area contributed by atoms with E-state index in [0.29, 0.717) is 12.1 Å². The number of aromatic nitrogens is 2. The molecule has 0 aliphatic carbocycles. The van der Waals surface area contributed by atoms with Crippen LogP contribution in [0.25, 0.3) is 0 Å². The van der Waals surface area contributed by atoms with E-state index in [2.05, 4.69) is 20.6 Å². The van der Waals surface area contributed by atoms with Crippen LogP contribution in [-0.2, 0) is 6.54 Å². The molecule has 5 nitrogen and oxygen atoms in total. The van der Waals surface area contributed by atoms with Crippen LogP contribution >= 0.6 is 0 Å². The summed E-state index contributed by atoms with van der Waals surface area (Å²) in [7, 11) is 1.77. The Bertz CT molecular complexity index is 583. The maximum Gasteiger partial charge on any atom is 0.255 e. The van der Waals surface area contributed by atoms with E-state index in [1.54, 1.807) is 25.5 Å². The zero-order valence-corrected chi connectivity index (χ0v) is 11.0. The molecule has 1 amide bonds. The molecule has 98 valence electrons. The maximum absolute atomic E-state index is 12.1. The van der Waals surface area contributed by atoms with Crippen molar-refractivity contribution in [3.05, 3.63) is 53.6 Å². The fraction of sp³-hybridized carbons (Fsp3) is 0.214. The third-order valence-corrected chi connectivity index (χ3v) is 2.71. The van der Waals surface area contributed by atoms with Crippen LogP contribution in [0.2, 0.25) is 0 Å². The molecule has 2 rings (SSSR count). The number of rotatable bonds is 4. The Labute approximate surface area is 112 Å². The third kappa shape index (κ3) is 3.28. The van der Waals surface area contributed by atoms with Gasteiger partial charge in [0, 0.05) is 30.8 Å². The van der Waals surface area contributed by atoms with Crippen LogP contribution in [-0.4, -0.2) is 22.9 Å². The van der Waals surface area contributed by atoms with E-state index in [0.717, 1.165) is 17.1 Å². The number of hydrogen-bond acceptors (Lipinski definition) is 4. The topological polar surface area (TPSA) is 66.9 Å². The van der Waals surface area contributed by atoms with Crippen molar-refractivity contribution in [1.82, 2.24) is 15.3 Å². The third-order valence-electron chi connectivity index (χ3n) is 2.71. The molecule has 2 heterocycles. The van der Waals surface area contributed by atoms with E-state index < -0.39 is 0 Å². The summed E-state index contributed by atoms with van der Waals surface area (Å²) in [5.74, 6) is -0.166. The van der Waals surface area contributed by atoms with Gasteiger partial charge in [-0.05, 0) is 25.1 Å². The molecular weight excluding hydrogens is 240 g/mol. The van der Waals surface area contributed by atoms with Gasteiger partial charge in [-0.2, -0.15) is 0 Å². The van der Waals surface area contributed by atoms with Crippen LogP contribution in [0.3, 0.4) is 0 Å². The first-order valence-electron chi connectivity index (χ1n) is 6.03. The molecule has 0 unspecified atom stereocenters. The minimum atomic E-state index is -0.166. The molecule has 0 bridgehead atoms. The largest absolute Gasteiger partial charge is 0.387 e. The summed E-state index contributed by atoms with van der Waals surface area (Å²) in [6.45, 7) is 2.32. The first-order chi connectivity index (χ1) is 9.20. The molecule has 0 atom stereocenters. The summed E-state index contributed by atoms with van der Waals surface area (Å²) >= 11 is 0. The van der Waals surface area contributed by atoms with Gasteiger partial charge in [-0.25, -0.2) is 0 Å². The van der Waals surface area contributed by atoms with Crippen molar-refractivity contribution in [2.75, 3.05) is 12.4 Å². The highest BCUT2D eigenvalue weighted by molar-refractivity contribution is 5.99. The van der Waals surface area contributed by atoms with Gasteiger partial charge in [0.15, 0.2) is 0 Å². The van der Waals surface area contributed by atoms with Crippen molar-refractivity contribution in [1.29, 1.82) is 0 Å². The van der Waals surface area contributed by atoms with Gasteiger partial charge in [-0.3, -0.25) is 14.8 Å². The molecule has 0 aromatic carbocycles. The number of carbonyl (C=O) groups excluding carboxylic acids is 1. The lowest BCUT2D eigenvalue weighted by molar-refractivity contribution is 0.0951. The smallest absolute Gasteiger partial charge is 0.255 e. The van der Waals surface area contributed by atoms with Crippen molar-refractivity contribution in [3.63, 3.8) is 0 Å². The molecule has 0 saturated heterocycles. The van der Waals surface area contributed by atoms with E-state index in [4.69, 9.17) is 0 Å². The molecule has 0 spiro atoms. The molecule has 2 aromatic heterocycles. The predicted octanol–water partition coefficient (Wildman–Crippen LogP) is 1.76. The number of hydrogen-bond donors (Lipinski definition) is 2. The number of carbonyl (C=O) groups is 1. The Morgan fingerprint density at radius 2 is 2.16 bits per heavy atom. The molecule has 0 aliphatic heterocycles. The second-order valence-corrected chi connectivity index (χ2v) is 4.12. The van der Waals surface area contributed by atoms with Gasteiger partial charge in [0.25, 0.3) is 5.91 Å². The lowest BCUT2D eigenvalue weighted by Gasteiger charge is -2.09. The van der Waals surface area contributed by atoms with Crippen molar-refractivity contribution in [3.8, 4) is 0 Å². The average Bonchev–Trinajstić information content (AvgIpc) is 2.45. The number of nitrogens with one attached hydrogen (secondary N) is 2. The monoisotopic (exact) mass is 256 g/mol. The summed E-state index contributed by atoms with van der Waals surface area (Å²) in [6.07, 6.45) is 3.19. The lowest BCUT2D eigenvalue weighted by atomic mass is 10.2. The Balaban J connectivity index is 2.05. The summed E-state index contributed by atoms with van der Waals surface area (Å²) in [5.41, 5.74) is 3.05. The van der Waals surface area contributed by atoms with Crippen molar-refractivity contribution >= 4 is 11.6 Å². The second-order valence-electron chi connectivity index (χ2n) is 4.12. The van der Waals surface area contributed by atoms with E-state index in [1.807, 2.05) is 25.1 Å². The van der Waals surface area contributed by atoms with Crippen LogP contribution in [0.4, 0.5) is 5.69 Å². The van der Waals surface area contributed by atoms with E-state index in [-0.39, 0.29) is 5.91 Å². The normalized spacial score (nSPS) is 10.0. The zero-order chi connectivity index (χ0) is 13.7. The minimum Gasteiger partial charge on any atom is -0.387 e. The zero-order valence-electron chi connectivity index (χ0n) is 11.0. The summed E-state index contributed by atoms with van der Waals surface area (Å²) in [4.78, 5) is 20.4. The summed E-state index contributed by atoms with van der Waals surface area (Å²) < 4.78 is 0. The Morgan fingerprint density at radius 3 is 2.89 bits per heavy atom. The van der Waals surface area contributed by atoms with Crippen molar-refractivity contribution in [2.45, 2.75) is 13.5 Å². The summed E-state index contributed by atoms with van der Waals surface area (Å²) in [5, 5.41) is 5.80. The molecule has 0 radical (unpaired) electrons. The highest BCUT2D eigenvalue weighted by Crippen LogP contribution is 2.12. The first-order valence-corrected chi connectivity index (χ1v) is 6.03. The Kier molecular flexibility index (Phi) is 4.07. The van der Waals surface area contributed by atoms with Crippen molar-refractivity contribution < 1.29 is 4.79 Å². The number of amides is 1. The van der Waals surface area contributed by atoms with Crippen LogP contribution in [0.1, 0.15) is 21.7 Å². The Hall–Kier alpha value is -2.43. The van der Waals surface area contributed by atoms with E-state index in [1.165, 1.54) is 0 Å². The fourth-order valence-electron chi connectivity index (χ4n) is 1.76. The van der Waals surface area contributed by atoms with Gasteiger partial charge in [-0.15, -0.1) is 0 Å². The SMILES string of the molecule is CNc1ccncc1C(=O)NCc1cccc(C)n1. The Morgan fingerprint density at radius 1 is 1.32 bits per heavy atom. The van der Waals surface area contributed by atoms with Crippen LogP contribution < -0.4 is 10.6 Å². The quantitative estimate of drug-likeness (QED) is 0.874. The fourth-order valence-corrected chi connectivity index (χ4v) is 1.76. The van der Waals surface area contributed by atoms with Gasteiger partial charge in [0.2, 0.25) is 0 Å². The second kappa shape index (κ2) is 5.95. The average molecular weight is 256 g/mol. The van der Waals surface area contributed by atoms with Gasteiger partial charge in [-0.1, -0.05) is 6.07 Å². The molecule has 0 saturated carbocycles. The van der Waals surface area contributed by atoms with Crippen molar-refractivity contribution in [2.24, 2.45) is 0 Å². The minimum absolute atomic E-state index is 0.166. The number of nitrogens with zero attached hydrogens (tertiary/aromatic N) is 2. The molecule has 0 aliphatic rings. The van der Waals surface area contributed by atoms with Gasteiger partial charge in [0.05, 0.1) is 17.8 Å². The summed E-state index contributed by atoms with van der Waals surface area (Å²) in [6, 6.07) is 7.49. The lowest BCUT2D eigenvalue weighted by Crippen LogP contribution is -2.24. The molecular formula is C14H16N4O. The van der Waals surface area contributed by atoms with Gasteiger partial charge < -0.3 is 10.6 Å². The molecule has 0 fully saturated rings. The van der Waals surface area contributed by atoms with E-state index in [9.17, 15) is 4.79 Å². The van der Waals surface area contributed by atoms with Crippen LogP contribution in [0.15, 0.2) is 36.7 Å². The molecule has 2 N–H and O–H groups in total. The van der Waals surface area contributed by atoms with E-state index >= 15 is 0 Å². The molecule has 5 heteroatoms. The number of pyridine rings is 2. The van der Waals surface area contributed by atoms with Gasteiger partial charge in [0.1, 0.15) is 0 Å². The standard InChI is InChI=1S/C14H16N4O/c1-10-4-3-5-11(18-10)8-17-14(19)12-9-16-7-6-13(12)15-2/h3-7,9H,8H2,1-2H3,(H,15,16)(H,17,19). The predicted molar refractivity (Wildman–Crippen MR) is 73.9 cm³/mol. The highest BCUT2D eigenvalue weighted by Gasteiger charge is 2.10.